The highest BCUT2D eigenvalue weighted by Gasteiger charge is 2.63. The quantitative estimate of drug-likeness (QED) is 0.469. The number of benzene rings is 2. The summed E-state index contributed by atoms with van der Waals surface area (Å²) in [7, 11) is 0. The van der Waals surface area contributed by atoms with Gasteiger partial charge in [0.2, 0.25) is 5.54 Å². The fraction of sp³-hybridized carbons (Fsp3) is 0.464. The van der Waals surface area contributed by atoms with E-state index in [0.29, 0.717) is 43.5 Å². The molecule has 0 bridgehead atoms. The van der Waals surface area contributed by atoms with Crippen molar-refractivity contribution in [3.63, 3.8) is 0 Å². The number of urea groups is 1. The third-order valence-corrected chi connectivity index (χ3v) is 7.98. The van der Waals surface area contributed by atoms with Gasteiger partial charge in [-0.2, -0.15) is 0 Å². The summed E-state index contributed by atoms with van der Waals surface area (Å²) in [6.45, 7) is 4.97. The van der Waals surface area contributed by atoms with Crippen LogP contribution in [0.4, 0.5) is 18.0 Å². The number of amides is 4. The average Bonchev–Trinajstić information content (AvgIpc) is 3.42. The zero-order valence-electron chi connectivity index (χ0n) is 22.4. The van der Waals surface area contributed by atoms with E-state index in [-0.39, 0.29) is 11.5 Å². The van der Waals surface area contributed by atoms with Gasteiger partial charge in [0.25, 0.3) is 11.8 Å². The van der Waals surface area contributed by atoms with Crippen molar-refractivity contribution < 1.29 is 46.5 Å². The number of alkyl halides is 3. The van der Waals surface area contributed by atoms with Crippen molar-refractivity contribution in [2.24, 2.45) is 5.92 Å². The van der Waals surface area contributed by atoms with Crippen LogP contribution in [0.5, 0.6) is 17.2 Å². The van der Waals surface area contributed by atoms with Crippen LogP contribution in [0.3, 0.4) is 0 Å². The van der Waals surface area contributed by atoms with E-state index in [2.05, 4.69) is 20.3 Å². The Balaban J connectivity index is 1.19. The van der Waals surface area contributed by atoms with Crippen molar-refractivity contribution in [1.29, 1.82) is 0 Å². The van der Waals surface area contributed by atoms with Gasteiger partial charge in [-0.1, -0.05) is 12.1 Å². The summed E-state index contributed by atoms with van der Waals surface area (Å²) in [5.41, 5.74) is -2.06. The maximum absolute atomic E-state index is 13.4. The van der Waals surface area contributed by atoms with Crippen LogP contribution in [0.1, 0.15) is 12.0 Å². The van der Waals surface area contributed by atoms with Gasteiger partial charge in [0, 0.05) is 39.3 Å². The third kappa shape index (κ3) is 5.54. The van der Waals surface area contributed by atoms with E-state index in [4.69, 9.17) is 14.2 Å². The number of barbiturate groups is 1. The lowest BCUT2D eigenvalue weighted by atomic mass is 9.78. The molecular formula is C28H29F3N4O7. The number of rotatable bonds is 7. The predicted molar refractivity (Wildman–Crippen MR) is 139 cm³/mol. The maximum Gasteiger partial charge on any atom is 0.573 e. The van der Waals surface area contributed by atoms with E-state index in [1.807, 2.05) is 0 Å². The number of carbonyl (C=O) groups is 3. The van der Waals surface area contributed by atoms with Gasteiger partial charge in [-0.25, -0.2) is 4.79 Å². The van der Waals surface area contributed by atoms with Gasteiger partial charge in [-0.05, 0) is 54.3 Å². The van der Waals surface area contributed by atoms with Crippen molar-refractivity contribution >= 4 is 17.8 Å². The Morgan fingerprint density at radius 2 is 1.50 bits per heavy atom. The first-order valence-electron chi connectivity index (χ1n) is 13.5. The van der Waals surface area contributed by atoms with E-state index in [1.54, 1.807) is 17.0 Å². The summed E-state index contributed by atoms with van der Waals surface area (Å²) in [6.07, 6.45) is -3.79. The molecule has 0 aliphatic carbocycles. The molecule has 4 aliphatic heterocycles. The summed E-state index contributed by atoms with van der Waals surface area (Å²) >= 11 is 0. The summed E-state index contributed by atoms with van der Waals surface area (Å²) in [5, 5.41) is 4.47. The first-order chi connectivity index (χ1) is 20.0. The van der Waals surface area contributed by atoms with Crippen LogP contribution in [-0.4, -0.2) is 92.2 Å². The zero-order valence-corrected chi connectivity index (χ0v) is 22.4. The number of hydrogen-bond acceptors (Lipinski definition) is 9. The molecule has 0 aromatic heterocycles. The minimum atomic E-state index is -4.81. The number of carbonyl (C=O) groups excluding carboxylic acids is 3. The minimum absolute atomic E-state index is 0.249. The normalized spacial score (nSPS) is 24.2. The minimum Gasteiger partial charge on any atom is -0.457 e. The van der Waals surface area contributed by atoms with E-state index in [0.717, 1.165) is 44.9 Å². The molecule has 4 fully saturated rings. The summed E-state index contributed by atoms with van der Waals surface area (Å²) < 4.78 is 58.6. The Labute approximate surface area is 238 Å². The highest BCUT2D eigenvalue weighted by molar-refractivity contribution is 6.22. The topological polar surface area (TPSA) is 119 Å². The molecule has 1 spiro atoms. The molecule has 1 atom stereocenters. The van der Waals surface area contributed by atoms with Crippen LogP contribution in [0.25, 0.3) is 0 Å². The largest absolute Gasteiger partial charge is 0.573 e. The molecule has 11 nitrogen and oxygen atoms in total. The van der Waals surface area contributed by atoms with Gasteiger partial charge in [-0.15, -0.1) is 13.2 Å². The number of morpholine rings is 1. The van der Waals surface area contributed by atoms with Gasteiger partial charge in [-0.3, -0.25) is 30.0 Å². The molecule has 0 radical (unpaired) electrons. The first kappa shape index (κ1) is 28.4. The number of nitrogens with one attached hydrogen (secondary N) is 2. The summed E-state index contributed by atoms with van der Waals surface area (Å²) in [6, 6.07) is 10.1. The molecule has 14 heteroatoms. The van der Waals surface area contributed by atoms with Crippen LogP contribution in [0.15, 0.2) is 48.5 Å². The van der Waals surface area contributed by atoms with E-state index >= 15 is 0 Å². The Bertz CT molecular complexity index is 1320. The highest BCUT2D eigenvalue weighted by atomic mass is 19.4. The second-order valence-electron chi connectivity index (χ2n) is 10.9. The monoisotopic (exact) mass is 590 g/mol. The third-order valence-electron chi connectivity index (χ3n) is 7.98. The van der Waals surface area contributed by atoms with Crippen LogP contribution in [0, 0.1) is 5.92 Å². The number of likely N-dealkylation sites (tertiary alicyclic amines) is 1. The van der Waals surface area contributed by atoms with Gasteiger partial charge in [0.1, 0.15) is 22.8 Å². The van der Waals surface area contributed by atoms with E-state index in [9.17, 15) is 27.6 Å². The van der Waals surface area contributed by atoms with Crippen molar-refractivity contribution in [3.05, 3.63) is 54.1 Å². The molecule has 6 rings (SSSR count). The molecule has 4 heterocycles. The SMILES string of the molecule is O=C1NC(=O)C(c2ccc(Oc3ccc(OC(F)(F)F)cc3)cc2)(N2CC3(CN(C[C@@H]4CCOC4)CCO3)C2)C(=O)N1. The first-order valence-corrected chi connectivity index (χ1v) is 13.5. The number of imide groups is 2. The smallest absolute Gasteiger partial charge is 0.457 e. The lowest BCUT2D eigenvalue weighted by Gasteiger charge is -2.59. The number of hydrogen-bond donors (Lipinski definition) is 2. The van der Waals surface area contributed by atoms with Crippen molar-refractivity contribution in [3.8, 4) is 17.2 Å². The lowest BCUT2D eigenvalue weighted by molar-refractivity contribution is -0.274. The van der Waals surface area contributed by atoms with Crippen LogP contribution >= 0.6 is 0 Å². The van der Waals surface area contributed by atoms with Crippen LogP contribution in [0.2, 0.25) is 0 Å². The van der Waals surface area contributed by atoms with Gasteiger partial charge >= 0.3 is 12.4 Å². The van der Waals surface area contributed by atoms with Gasteiger partial charge in [0.15, 0.2) is 0 Å². The van der Waals surface area contributed by atoms with Crippen molar-refractivity contribution in [2.45, 2.75) is 23.9 Å². The van der Waals surface area contributed by atoms with Gasteiger partial charge in [0.05, 0.1) is 13.2 Å². The molecule has 0 saturated carbocycles. The fourth-order valence-electron chi connectivity index (χ4n) is 6.11. The summed E-state index contributed by atoms with van der Waals surface area (Å²) in [5.74, 6) is -0.894. The highest BCUT2D eigenvalue weighted by Crippen LogP contribution is 2.42. The number of ether oxygens (including phenoxy) is 4. The van der Waals surface area contributed by atoms with E-state index in [1.165, 1.54) is 24.3 Å². The Kier molecular flexibility index (Phi) is 7.33. The molecule has 42 heavy (non-hydrogen) atoms. The van der Waals surface area contributed by atoms with Crippen molar-refractivity contribution in [1.82, 2.24) is 20.4 Å². The fourth-order valence-corrected chi connectivity index (χ4v) is 6.11. The standard InChI is InChI=1S/C28H29F3N4O7/c29-28(30,31)42-22-7-5-21(6-8-22)41-20-3-1-19(2-4-20)27(23(36)32-25(38)33-24(27)37)35-16-26(17-35)15-34(10-12-40-26)13-18-9-11-39-14-18/h1-8,18H,9-17H2,(H2,32,33,36,37,38)/t18-/m0/s1. The Morgan fingerprint density at radius 1 is 0.881 bits per heavy atom. The molecule has 4 aliphatic rings. The molecular weight excluding hydrogens is 561 g/mol. The summed E-state index contributed by atoms with van der Waals surface area (Å²) in [4.78, 5) is 42.9. The molecule has 4 saturated heterocycles. The van der Waals surface area contributed by atoms with E-state index < -0.39 is 35.3 Å². The average molecular weight is 591 g/mol. The van der Waals surface area contributed by atoms with Gasteiger partial charge < -0.3 is 18.9 Å². The molecule has 2 N–H and O–H groups in total. The zero-order chi connectivity index (χ0) is 29.5. The molecule has 2 aromatic carbocycles. The second-order valence-corrected chi connectivity index (χ2v) is 10.9. The maximum atomic E-state index is 13.4. The number of halogens is 3. The van der Waals surface area contributed by atoms with Crippen LogP contribution < -0.4 is 20.1 Å². The molecule has 4 amide bonds. The lowest BCUT2D eigenvalue weighted by Crippen LogP contribution is -2.80. The Morgan fingerprint density at radius 3 is 2.10 bits per heavy atom. The Hall–Kier alpha value is -3.72. The predicted octanol–water partition coefficient (Wildman–Crippen LogP) is 2.36. The molecule has 224 valence electrons. The molecule has 2 aromatic rings. The van der Waals surface area contributed by atoms with Crippen molar-refractivity contribution in [2.75, 3.05) is 52.5 Å². The number of nitrogens with zero attached hydrogens (tertiary/aromatic N) is 2. The molecule has 0 unspecified atom stereocenters. The second kappa shape index (κ2) is 10.8. The van der Waals surface area contributed by atoms with Crippen LogP contribution in [-0.2, 0) is 24.6 Å².